The van der Waals surface area contributed by atoms with Gasteiger partial charge >= 0.3 is 5.97 Å². The molecule has 2 unspecified atom stereocenters. The monoisotopic (exact) mass is 380 g/mol. The number of rotatable bonds is 5. The normalized spacial score (nSPS) is 18.5. The highest BCUT2D eigenvalue weighted by Gasteiger charge is 2.36. The number of fused-ring (bicyclic) bond motifs is 3. The second-order valence-corrected chi connectivity index (χ2v) is 6.75. The van der Waals surface area contributed by atoms with Crippen molar-refractivity contribution in [3.8, 4) is 11.5 Å². The summed E-state index contributed by atoms with van der Waals surface area (Å²) in [6.45, 7) is 2.45. The van der Waals surface area contributed by atoms with Crippen molar-refractivity contribution in [2.45, 2.75) is 25.4 Å². The largest absolute Gasteiger partial charge is 0.493 e. The Morgan fingerprint density at radius 2 is 1.96 bits per heavy atom. The van der Waals surface area contributed by atoms with Crippen LogP contribution in [0.4, 0.5) is 0 Å². The van der Waals surface area contributed by atoms with Crippen LogP contribution in [0.3, 0.4) is 0 Å². The minimum Gasteiger partial charge on any atom is -0.493 e. The van der Waals surface area contributed by atoms with Crippen LogP contribution in [0.2, 0.25) is 0 Å². The molecular weight excluding hydrogens is 356 g/mol. The molecular formula is C22H24N2O4. The molecule has 6 nitrogen and oxygen atoms in total. The fourth-order valence-corrected chi connectivity index (χ4v) is 3.99. The molecule has 0 amide bonds. The van der Waals surface area contributed by atoms with E-state index in [9.17, 15) is 4.79 Å². The fraction of sp³-hybridized carbons (Fsp3) is 0.318. The zero-order chi connectivity index (χ0) is 19.7. The zero-order valence-electron chi connectivity index (χ0n) is 16.2. The minimum absolute atomic E-state index is 0.253. The third kappa shape index (κ3) is 2.99. The van der Waals surface area contributed by atoms with Crippen LogP contribution in [-0.4, -0.2) is 37.8 Å². The van der Waals surface area contributed by atoms with Gasteiger partial charge in [-0.25, -0.2) is 0 Å². The lowest BCUT2D eigenvalue weighted by Gasteiger charge is -2.31. The topological polar surface area (TPSA) is 72.6 Å². The summed E-state index contributed by atoms with van der Waals surface area (Å²) in [7, 11) is 3.04. The third-order valence-electron chi connectivity index (χ3n) is 5.23. The van der Waals surface area contributed by atoms with E-state index in [1.807, 2.05) is 43.3 Å². The van der Waals surface area contributed by atoms with Crippen molar-refractivity contribution in [1.82, 2.24) is 10.3 Å². The van der Waals surface area contributed by atoms with Crippen LogP contribution in [0.25, 0.3) is 10.9 Å². The van der Waals surface area contributed by atoms with E-state index in [2.05, 4.69) is 16.4 Å². The van der Waals surface area contributed by atoms with Crippen molar-refractivity contribution in [3.63, 3.8) is 0 Å². The quantitative estimate of drug-likeness (QED) is 0.664. The first-order chi connectivity index (χ1) is 13.7. The van der Waals surface area contributed by atoms with Crippen LogP contribution in [0.15, 0.2) is 42.5 Å². The van der Waals surface area contributed by atoms with E-state index in [0.717, 1.165) is 27.7 Å². The predicted octanol–water partition coefficient (Wildman–Crippen LogP) is 3.35. The lowest BCUT2D eigenvalue weighted by molar-refractivity contribution is -0.143. The van der Waals surface area contributed by atoms with Crippen LogP contribution in [-0.2, 0) is 16.0 Å². The molecule has 2 heterocycles. The molecule has 0 saturated heterocycles. The molecule has 1 aliphatic rings. The second-order valence-electron chi connectivity index (χ2n) is 6.75. The van der Waals surface area contributed by atoms with E-state index in [1.165, 1.54) is 7.11 Å². The Hall–Kier alpha value is -2.99. The van der Waals surface area contributed by atoms with E-state index in [4.69, 9.17) is 14.2 Å². The van der Waals surface area contributed by atoms with E-state index in [0.29, 0.717) is 24.5 Å². The summed E-state index contributed by atoms with van der Waals surface area (Å²) < 4.78 is 16.5. The summed E-state index contributed by atoms with van der Waals surface area (Å²) in [6.07, 6.45) is 0.566. The highest BCUT2D eigenvalue weighted by molar-refractivity contribution is 5.87. The van der Waals surface area contributed by atoms with Gasteiger partial charge in [-0.2, -0.15) is 0 Å². The van der Waals surface area contributed by atoms with Crippen LogP contribution in [0.5, 0.6) is 11.5 Å². The van der Waals surface area contributed by atoms with Gasteiger partial charge in [-0.15, -0.1) is 0 Å². The number of nitrogens with one attached hydrogen (secondary N) is 2. The van der Waals surface area contributed by atoms with Crippen LogP contribution in [0, 0.1) is 0 Å². The summed E-state index contributed by atoms with van der Waals surface area (Å²) in [5.41, 5.74) is 4.13. The van der Waals surface area contributed by atoms with Gasteiger partial charge in [0.1, 0.15) is 6.04 Å². The maximum absolute atomic E-state index is 12.4. The van der Waals surface area contributed by atoms with Gasteiger partial charge in [0, 0.05) is 28.6 Å². The molecule has 28 heavy (non-hydrogen) atoms. The summed E-state index contributed by atoms with van der Waals surface area (Å²) in [4.78, 5) is 15.9. The number of methoxy groups -OCH3 is 2. The van der Waals surface area contributed by atoms with Gasteiger partial charge in [0.05, 0.1) is 26.9 Å². The molecule has 1 aliphatic heterocycles. The van der Waals surface area contributed by atoms with Gasteiger partial charge in [0.15, 0.2) is 11.5 Å². The summed E-state index contributed by atoms with van der Waals surface area (Å²) in [5.74, 6) is 1.07. The van der Waals surface area contributed by atoms with E-state index < -0.39 is 6.04 Å². The van der Waals surface area contributed by atoms with Gasteiger partial charge in [0.2, 0.25) is 0 Å². The average Bonchev–Trinajstić information content (AvgIpc) is 3.11. The fourth-order valence-electron chi connectivity index (χ4n) is 3.99. The SMILES string of the molecule is CCOc1c(OC)cccc1C1NC(C(=O)OC)Cc2c1[nH]c1ccccc21. The molecule has 0 aliphatic carbocycles. The Kier molecular flexibility index (Phi) is 4.96. The molecule has 0 spiro atoms. The molecule has 0 radical (unpaired) electrons. The number of hydrogen-bond donors (Lipinski definition) is 2. The number of para-hydroxylation sites is 2. The second kappa shape index (κ2) is 7.56. The highest BCUT2D eigenvalue weighted by atomic mass is 16.5. The molecule has 0 bridgehead atoms. The number of carbonyl (C=O) groups is 1. The highest BCUT2D eigenvalue weighted by Crippen LogP contribution is 2.41. The Balaban J connectivity index is 1.91. The molecule has 146 valence electrons. The van der Waals surface area contributed by atoms with Crippen LogP contribution >= 0.6 is 0 Å². The Bertz CT molecular complexity index is 1010. The van der Waals surface area contributed by atoms with E-state index in [1.54, 1.807) is 7.11 Å². The number of aromatic nitrogens is 1. The van der Waals surface area contributed by atoms with Gasteiger partial charge in [0.25, 0.3) is 0 Å². The van der Waals surface area contributed by atoms with Gasteiger partial charge < -0.3 is 19.2 Å². The Labute approximate surface area is 163 Å². The molecule has 3 aromatic rings. The van der Waals surface area contributed by atoms with Crippen molar-refractivity contribution in [3.05, 3.63) is 59.3 Å². The van der Waals surface area contributed by atoms with Gasteiger partial charge in [-0.05, 0) is 24.6 Å². The number of H-pyrrole nitrogens is 1. The van der Waals surface area contributed by atoms with Crippen molar-refractivity contribution < 1.29 is 19.0 Å². The lowest BCUT2D eigenvalue weighted by Crippen LogP contribution is -2.45. The predicted molar refractivity (Wildman–Crippen MR) is 107 cm³/mol. The summed E-state index contributed by atoms with van der Waals surface area (Å²) >= 11 is 0. The third-order valence-corrected chi connectivity index (χ3v) is 5.23. The van der Waals surface area contributed by atoms with Gasteiger partial charge in [-0.1, -0.05) is 30.3 Å². The first-order valence-corrected chi connectivity index (χ1v) is 9.41. The molecule has 2 atom stereocenters. The standard InChI is InChI=1S/C22H24N2O4/c1-4-28-21-14(9-7-11-18(21)26-2)19-20-15(12-17(24-19)22(25)27-3)13-8-5-6-10-16(13)23-20/h5-11,17,19,23-24H,4,12H2,1-3H3. The molecule has 2 aromatic carbocycles. The van der Waals surface area contributed by atoms with Crippen molar-refractivity contribution in [2.75, 3.05) is 20.8 Å². The molecule has 4 rings (SSSR count). The molecule has 6 heteroatoms. The van der Waals surface area contributed by atoms with E-state index in [-0.39, 0.29) is 12.0 Å². The maximum atomic E-state index is 12.4. The number of ether oxygens (including phenoxy) is 3. The first kappa shape index (κ1) is 18.4. The van der Waals surface area contributed by atoms with Crippen LogP contribution < -0.4 is 14.8 Å². The number of aromatic amines is 1. The molecule has 0 saturated carbocycles. The Morgan fingerprint density at radius 1 is 1.14 bits per heavy atom. The number of benzene rings is 2. The summed E-state index contributed by atoms with van der Waals surface area (Å²) in [5, 5.41) is 4.57. The average molecular weight is 380 g/mol. The zero-order valence-corrected chi connectivity index (χ0v) is 16.2. The lowest BCUT2D eigenvalue weighted by atomic mass is 9.89. The van der Waals surface area contributed by atoms with Crippen molar-refractivity contribution in [2.24, 2.45) is 0 Å². The summed E-state index contributed by atoms with van der Waals surface area (Å²) in [6, 6.07) is 13.3. The first-order valence-electron chi connectivity index (χ1n) is 9.41. The number of esters is 1. The smallest absolute Gasteiger partial charge is 0.323 e. The van der Waals surface area contributed by atoms with Crippen molar-refractivity contribution in [1.29, 1.82) is 0 Å². The minimum atomic E-state index is -0.442. The molecule has 0 fully saturated rings. The van der Waals surface area contributed by atoms with E-state index >= 15 is 0 Å². The molecule has 1 aromatic heterocycles. The van der Waals surface area contributed by atoms with Crippen molar-refractivity contribution >= 4 is 16.9 Å². The molecule has 2 N–H and O–H groups in total. The van der Waals surface area contributed by atoms with Gasteiger partial charge in [-0.3, -0.25) is 10.1 Å². The Morgan fingerprint density at radius 3 is 2.71 bits per heavy atom. The van der Waals surface area contributed by atoms with Crippen LogP contribution in [0.1, 0.15) is 29.8 Å². The number of hydrogen-bond acceptors (Lipinski definition) is 5. The number of carbonyl (C=O) groups excluding carboxylic acids is 1. The maximum Gasteiger partial charge on any atom is 0.323 e.